The second kappa shape index (κ2) is 4.15. The number of carbonyl (C=O) groups is 1. The minimum Gasteiger partial charge on any atom is -0.314 e. The monoisotopic (exact) mass is 232 g/mol. The van der Waals surface area contributed by atoms with E-state index in [1.807, 2.05) is 39.3 Å². The SMILES string of the molecule is CN(C)CCC1(C)C(=O)N(C)c2ccccc21. The predicted molar refractivity (Wildman–Crippen MR) is 70.4 cm³/mol. The molecule has 1 aliphatic heterocycles. The van der Waals surface area contributed by atoms with Crippen LogP contribution in [0.15, 0.2) is 24.3 Å². The van der Waals surface area contributed by atoms with Crippen LogP contribution in [-0.4, -0.2) is 38.5 Å². The van der Waals surface area contributed by atoms with E-state index in [-0.39, 0.29) is 11.3 Å². The van der Waals surface area contributed by atoms with Crippen LogP contribution in [0.2, 0.25) is 0 Å². The van der Waals surface area contributed by atoms with Gasteiger partial charge in [-0.1, -0.05) is 18.2 Å². The Morgan fingerprint density at radius 3 is 2.59 bits per heavy atom. The van der Waals surface area contributed by atoms with Gasteiger partial charge in [0.2, 0.25) is 5.91 Å². The van der Waals surface area contributed by atoms with Crippen LogP contribution in [0.4, 0.5) is 5.69 Å². The molecule has 0 radical (unpaired) electrons. The average Bonchev–Trinajstić information content (AvgIpc) is 2.51. The summed E-state index contributed by atoms with van der Waals surface area (Å²) in [5.41, 5.74) is 1.85. The first-order valence-electron chi connectivity index (χ1n) is 5.99. The summed E-state index contributed by atoms with van der Waals surface area (Å²) in [6.07, 6.45) is 0.861. The average molecular weight is 232 g/mol. The van der Waals surface area contributed by atoms with Gasteiger partial charge in [-0.05, 0) is 45.6 Å². The molecule has 0 fully saturated rings. The van der Waals surface area contributed by atoms with Crippen LogP contribution in [0.5, 0.6) is 0 Å². The molecule has 0 spiro atoms. The number of benzene rings is 1. The van der Waals surface area contributed by atoms with Crippen molar-refractivity contribution in [3.05, 3.63) is 29.8 Å². The van der Waals surface area contributed by atoms with Crippen LogP contribution in [0, 0.1) is 0 Å². The molecule has 92 valence electrons. The van der Waals surface area contributed by atoms with Gasteiger partial charge in [-0.2, -0.15) is 0 Å². The van der Waals surface area contributed by atoms with E-state index >= 15 is 0 Å². The minimum atomic E-state index is -0.365. The normalized spacial score (nSPS) is 23.4. The Bertz CT molecular complexity index is 442. The van der Waals surface area contributed by atoms with Crippen LogP contribution in [0.25, 0.3) is 0 Å². The van der Waals surface area contributed by atoms with Crippen LogP contribution in [-0.2, 0) is 10.2 Å². The summed E-state index contributed by atoms with van der Waals surface area (Å²) in [5.74, 6) is 0.209. The Morgan fingerprint density at radius 1 is 1.29 bits per heavy atom. The third kappa shape index (κ3) is 1.84. The number of likely N-dealkylation sites (N-methyl/N-ethyl adjacent to an activating group) is 1. The van der Waals surface area contributed by atoms with Gasteiger partial charge in [-0.25, -0.2) is 0 Å². The van der Waals surface area contributed by atoms with Crippen molar-refractivity contribution >= 4 is 11.6 Å². The lowest BCUT2D eigenvalue weighted by Crippen LogP contribution is -2.38. The van der Waals surface area contributed by atoms with Crippen molar-refractivity contribution in [3.63, 3.8) is 0 Å². The highest BCUT2D eigenvalue weighted by Crippen LogP contribution is 2.42. The number of hydrogen-bond acceptors (Lipinski definition) is 2. The molecule has 1 amide bonds. The van der Waals surface area contributed by atoms with Crippen molar-refractivity contribution in [2.75, 3.05) is 32.6 Å². The number of para-hydroxylation sites is 1. The molecule has 0 N–H and O–H groups in total. The molecular weight excluding hydrogens is 212 g/mol. The fourth-order valence-electron chi connectivity index (χ4n) is 2.52. The zero-order chi connectivity index (χ0) is 12.6. The Kier molecular flexibility index (Phi) is 2.96. The van der Waals surface area contributed by atoms with Gasteiger partial charge in [-0.3, -0.25) is 4.79 Å². The molecule has 17 heavy (non-hydrogen) atoms. The van der Waals surface area contributed by atoms with E-state index in [1.54, 1.807) is 4.90 Å². The number of fused-ring (bicyclic) bond motifs is 1. The molecule has 0 aliphatic carbocycles. The molecule has 1 aromatic carbocycles. The molecule has 0 aromatic heterocycles. The fraction of sp³-hybridized carbons (Fsp3) is 0.500. The van der Waals surface area contributed by atoms with Crippen LogP contribution in [0.1, 0.15) is 18.9 Å². The molecule has 1 aromatic rings. The summed E-state index contributed by atoms with van der Waals surface area (Å²) in [6.45, 7) is 2.98. The maximum atomic E-state index is 12.4. The lowest BCUT2D eigenvalue weighted by molar-refractivity contribution is -0.122. The first-order valence-corrected chi connectivity index (χ1v) is 5.99. The second-order valence-corrected chi connectivity index (χ2v) is 5.27. The molecule has 1 aliphatic rings. The van der Waals surface area contributed by atoms with Gasteiger partial charge >= 0.3 is 0 Å². The van der Waals surface area contributed by atoms with E-state index in [0.717, 1.165) is 24.2 Å². The Balaban J connectivity index is 2.37. The highest BCUT2D eigenvalue weighted by Gasteiger charge is 2.45. The Labute approximate surface area is 103 Å². The number of amides is 1. The van der Waals surface area contributed by atoms with Gasteiger partial charge in [0.05, 0.1) is 5.41 Å². The topological polar surface area (TPSA) is 23.6 Å². The van der Waals surface area contributed by atoms with E-state index in [1.165, 1.54) is 0 Å². The summed E-state index contributed by atoms with van der Waals surface area (Å²) < 4.78 is 0. The van der Waals surface area contributed by atoms with Gasteiger partial charge < -0.3 is 9.80 Å². The molecule has 0 bridgehead atoms. The zero-order valence-corrected chi connectivity index (χ0v) is 11.0. The summed E-state index contributed by atoms with van der Waals surface area (Å²) in [5, 5.41) is 0. The molecule has 0 saturated carbocycles. The Hall–Kier alpha value is -1.35. The van der Waals surface area contributed by atoms with Crippen LogP contribution >= 0.6 is 0 Å². The maximum Gasteiger partial charge on any atom is 0.237 e. The molecule has 2 rings (SSSR count). The van der Waals surface area contributed by atoms with Gasteiger partial charge in [-0.15, -0.1) is 0 Å². The number of hydrogen-bond donors (Lipinski definition) is 0. The smallest absolute Gasteiger partial charge is 0.237 e. The first kappa shape index (κ1) is 12.1. The van der Waals surface area contributed by atoms with E-state index in [2.05, 4.69) is 17.9 Å². The van der Waals surface area contributed by atoms with Crippen LogP contribution < -0.4 is 4.90 Å². The quantitative estimate of drug-likeness (QED) is 0.794. The largest absolute Gasteiger partial charge is 0.314 e. The third-order valence-corrected chi connectivity index (χ3v) is 3.70. The van der Waals surface area contributed by atoms with Crippen molar-refractivity contribution in [3.8, 4) is 0 Å². The minimum absolute atomic E-state index is 0.209. The van der Waals surface area contributed by atoms with Gasteiger partial charge in [0.1, 0.15) is 0 Å². The number of nitrogens with zero attached hydrogens (tertiary/aromatic N) is 2. The van der Waals surface area contributed by atoms with Crippen molar-refractivity contribution in [1.29, 1.82) is 0 Å². The van der Waals surface area contributed by atoms with E-state index in [9.17, 15) is 4.79 Å². The zero-order valence-electron chi connectivity index (χ0n) is 11.0. The molecule has 1 atom stereocenters. The van der Waals surface area contributed by atoms with Crippen molar-refractivity contribution in [1.82, 2.24) is 4.90 Å². The highest BCUT2D eigenvalue weighted by atomic mass is 16.2. The van der Waals surface area contributed by atoms with Crippen molar-refractivity contribution < 1.29 is 4.79 Å². The number of anilines is 1. The van der Waals surface area contributed by atoms with Gasteiger partial charge in [0.15, 0.2) is 0 Å². The summed E-state index contributed by atoms with van der Waals surface area (Å²) >= 11 is 0. The third-order valence-electron chi connectivity index (χ3n) is 3.70. The van der Waals surface area contributed by atoms with Crippen molar-refractivity contribution in [2.45, 2.75) is 18.8 Å². The van der Waals surface area contributed by atoms with E-state index in [4.69, 9.17) is 0 Å². The molecular formula is C14H20N2O. The number of carbonyl (C=O) groups excluding carboxylic acids is 1. The lowest BCUT2D eigenvalue weighted by atomic mass is 9.80. The highest BCUT2D eigenvalue weighted by molar-refractivity contribution is 6.07. The van der Waals surface area contributed by atoms with E-state index < -0.39 is 0 Å². The standard InChI is InChI=1S/C14H20N2O/c1-14(9-10-15(2)3)11-7-5-6-8-12(11)16(4)13(14)17/h5-8H,9-10H2,1-4H3. The number of rotatable bonds is 3. The maximum absolute atomic E-state index is 12.4. The summed E-state index contributed by atoms with van der Waals surface area (Å²) in [7, 11) is 5.94. The second-order valence-electron chi connectivity index (χ2n) is 5.27. The first-order chi connectivity index (χ1) is 7.97. The molecule has 1 heterocycles. The van der Waals surface area contributed by atoms with E-state index in [0.29, 0.717) is 0 Å². The molecule has 3 nitrogen and oxygen atoms in total. The molecule has 0 saturated heterocycles. The Morgan fingerprint density at radius 2 is 1.94 bits per heavy atom. The van der Waals surface area contributed by atoms with Crippen LogP contribution in [0.3, 0.4) is 0 Å². The summed E-state index contributed by atoms with van der Waals surface area (Å²) in [4.78, 5) is 16.3. The fourth-order valence-corrected chi connectivity index (χ4v) is 2.52. The molecule has 3 heteroatoms. The van der Waals surface area contributed by atoms with Gasteiger partial charge in [0, 0.05) is 12.7 Å². The lowest BCUT2D eigenvalue weighted by Gasteiger charge is -2.25. The van der Waals surface area contributed by atoms with Gasteiger partial charge in [0.25, 0.3) is 0 Å². The van der Waals surface area contributed by atoms with Crippen molar-refractivity contribution in [2.24, 2.45) is 0 Å². The predicted octanol–water partition coefficient (Wildman–Crippen LogP) is 1.87. The molecule has 1 unspecified atom stereocenters. The summed E-state index contributed by atoms with van der Waals surface area (Å²) in [6, 6.07) is 8.10.